The lowest BCUT2D eigenvalue weighted by molar-refractivity contribution is -0.123. The van der Waals surface area contributed by atoms with E-state index in [9.17, 15) is 9.59 Å². The Morgan fingerprint density at radius 1 is 0.931 bits per heavy atom. The minimum Gasteiger partial charge on any atom is -0.497 e. The third kappa shape index (κ3) is 5.45. The molecular formula is C24H23NO4. The van der Waals surface area contributed by atoms with Crippen LogP contribution in [-0.2, 0) is 16.0 Å². The van der Waals surface area contributed by atoms with E-state index < -0.39 is 18.0 Å². The van der Waals surface area contributed by atoms with Crippen molar-refractivity contribution < 1.29 is 19.1 Å². The zero-order chi connectivity index (χ0) is 20.6. The summed E-state index contributed by atoms with van der Waals surface area (Å²) >= 11 is 0. The number of methoxy groups -OCH3 is 1. The van der Waals surface area contributed by atoms with Gasteiger partial charge in [-0.05, 0) is 42.7 Å². The van der Waals surface area contributed by atoms with Crippen LogP contribution < -0.4 is 10.1 Å². The largest absolute Gasteiger partial charge is 0.497 e. The van der Waals surface area contributed by atoms with Crippen LogP contribution in [0.5, 0.6) is 5.75 Å². The topological polar surface area (TPSA) is 64.6 Å². The zero-order valence-corrected chi connectivity index (χ0v) is 16.4. The summed E-state index contributed by atoms with van der Waals surface area (Å²) in [6, 6.07) is 24.1. The number of nitrogens with one attached hydrogen (secondary N) is 1. The van der Waals surface area contributed by atoms with Crippen LogP contribution in [-0.4, -0.2) is 25.1 Å². The van der Waals surface area contributed by atoms with Crippen molar-refractivity contribution >= 4 is 17.6 Å². The van der Waals surface area contributed by atoms with E-state index in [1.165, 1.54) is 0 Å². The molecule has 0 unspecified atom stereocenters. The van der Waals surface area contributed by atoms with Crippen molar-refractivity contribution in [3.05, 3.63) is 95.6 Å². The second-order valence-electron chi connectivity index (χ2n) is 6.59. The van der Waals surface area contributed by atoms with E-state index in [-0.39, 0.29) is 0 Å². The summed E-state index contributed by atoms with van der Waals surface area (Å²) in [7, 11) is 1.55. The minimum atomic E-state index is -0.946. The van der Waals surface area contributed by atoms with E-state index in [1.54, 1.807) is 50.4 Å². The molecule has 3 aromatic carbocycles. The molecule has 3 rings (SSSR count). The van der Waals surface area contributed by atoms with E-state index in [0.717, 1.165) is 11.1 Å². The average molecular weight is 389 g/mol. The number of anilines is 1. The molecule has 0 bridgehead atoms. The fraction of sp³-hybridized carbons (Fsp3) is 0.167. The minimum absolute atomic E-state index is 0.410. The lowest BCUT2D eigenvalue weighted by atomic mass is 10.00. The second kappa shape index (κ2) is 9.55. The second-order valence-corrected chi connectivity index (χ2v) is 6.59. The van der Waals surface area contributed by atoms with Gasteiger partial charge in [0.25, 0.3) is 5.91 Å². The molecule has 0 spiro atoms. The SMILES string of the molecule is COc1cccc(NC(=O)[C@@H](C)OC(=O)c2ccccc2Cc2ccccc2)c1. The zero-order valence-electron chi connectivity index (χ0n) is 16.4. The summed E-state index contributed by atoms with van der Waals surface area (Å²) in [5, 5.41) is 2.73. The van der Waals surface area contributed by atoms with Gasteiger partial charge in [0.05, 0.1) is 12.7 Å². The molecule has 0 saturated heterocycles. The predicted octanol–water partition coefficient (Wildman–Crippen LogP) is 4.47. The third-order valence-electron chi connectivity index (χ3n) is 4.46. The number of carbonyl (C=O) groups is 2. The number of hydrogen-bond acceptors (Lipinski definition) is 4. The van der Waals surface area contributed by atoms with Crippen molar-refractivity contribution in [1.82, 2.24) is 0 Å². The van der Waals surface area contributed by atoms with Gasteiger partial charge in [-0.1, -0.05) is 54.6 Å². The summed E-state index contributed by atoms with van der Waals surface area (Å²) in [4.78, 5) is 25.1. The number of hydrogen-bond donors (Lipinski definition) is 1. The Morgan fingerprint density at radius 3 is 2.41 bits per heavy atom. The van der Waals surface area contributed by atoms with Gasteiger partial charge >= 0.3 is 5.97 Å². The van der Waals surface area contributed by atoms with Crippen LogP contribution in [0.25, 0.3) is 0 Å². The molecular weight excluding hydrogens is 366 g/mol. The fourth-order valence-electron chi connectivity index (χ4n) is 2.91. The molecule has 1 atom stereocenters. The molecule has 5 heteroatoms. The van der Waals surface area contributed by atoms with Crippen LogP contribution >= 0.6 is 0 Å². The number of ether oxygens (including phenoxy) is 2. The van der Waals surface area contributed by atoms with Crippen LogP contribution in [0.1, 0.15) is 28.4 Å². The van der Waals surface area contributed by atoms with Gasteiger partial charge in [0, 0.05) is 11.8 Å². The summed E-state index contributed by atoms with van der Waals surface area (Å²) in [6.45, 7) is 1.55. The van der Waals surface area contributed by atoms with Crippen LogP contribution in [0.3, 0.4) is 0 Å². The molecule has 0 aliphatic heterocycles. The van der Waals surface area contributed by atoms with Crippen molar-refractivity contribution in [3.63, 3.8) is 0 Å². The fourth-order valence-corrected chi connectivity index (χ4v) is 2.91. The van der Waals surface area contributed by atoms with E-state index in [2.05, 4.69) is 5.32 Å². The molecule has 0 aliphatic rings. The highest BCUT2D eigenvalue weighted by Gasteiger charge is 2.21. The average Bonchev–Trinajstić information content (AvgIpc) is 2.75. The first-order valence-electron chi connectivity index (χ1n) is 9.34. The summed E-state index contributed by atoms with van der Waals surface area (Å²) in [5.41, 5.74) is 2.97. The maximum atomic E-state index is 12.7. The molecule has 0 saturated carbocycles. The number of rotatable bonds is 7. The van der Waals surface area contributed by atoms with Gasteiger partial charge in [-0.3, -0.25) is 4.79 Å². The number of carbonyl (C=O) groups excluding carboxylic acids is 2. The highest BCUT2D eigenvalue weighted by molar-refractivity contribution is 5.98. The molecule has 0 fully saturated rings. The molecule has 148 valence electrons. The summed E-state index contributed by atoms with van der Waals surface area (Å²) in [5.74, 6) is -0.306. The standard InChI is InChI=1S/C24H23NO4/c1-17(23(26)25-20-12-8-13-21(16-20)28-2)29-24(27)22-14-7-6-11-19(22)15-18-9-4-3-5-10-18/h3-14,16-17H,15H2,1-2H3,(H,25,26)/t17-/m1/s1. The van der Waals surface area contributed by atoms with Gasteiger partial charge in [-0.25, -0.2) is 4.79 Å². The number of esters is 1. The molecule has 0 aliphatic carbocycles. The maximum absolute atomic E-state index is 12.7. The third-order valence-corrected chi connectivity index (χ3v) is 4.46. The highest BCUT2D eigenvalue weighted by atomic mass is 16.5. The first-order valence-corrected chi connectivity index (χ1v) is 9.34. The molecule has 1 amide bonds. The Hall–Kier alpha value is -3.60. The number of benzene rings is 3. The normalized spacial score (nSPS) is 11.4. The van der Waals surface area contributed by atoms with Gasteiger partial charge in [-0.2, -0.15) is 0 Å². The van der Waals surface area contributed by atoms with Crippen LogP contribution in [0.4, 0.5) is 5.69 Å². The molecule has 0 heterocycles. The van der Waals surface area contributed by atoms with E-state index in [1.807, 2.05) is 42.5 Å². The van der Waals surface area contributed by atoms with E-state index in [4.69, 9.17) is 9.47 Å². The lowest BCUT2D eigenvalue weighted by Gasteiger charge is -2.15. The Balaban J connectivity index is 1.67. The maximum Gasteiger partial charge on any atom is 0.339 e. The molecule has 5 nitrogen and oxygen atoms in total. The molecule has 0 aromatic heterocycles. The quantitative estimate of drug-likeness (QED) is 0.606. The van der Waals surface area contributed by atoms with Crippen molar-refractivity contribution in [1.29, 1.82) is 0 Å². The van der Waals surface area contributed by atoms with Gasteiger partial charge in [-0.15, -0.1) is 0 Å². The van der Waals surface area contributed by atoms with Crippen molar-refractivity contribution in [3.8, 4) is 5.75 Å². The van der Waals surface area contributed by atoms with Crippen molar-refractivity contribution in [2.45, 2.75) is 19.4 Å². The summed E-state index contributed by atoms with van der Waals surface area (Å²) < 4.78 is 10.6. The van der Waals surface area contributed by atoms with Gasteiger partial charge in [0.15, 0.2) is 6.10 Å². The van der Waals surface area contributed by atoms with Crippen LogP contribution in [0.15, 0.2) is 78.9 Å². The number of amides is 1. The Morgan fingerprint density at radius 2 is 1.66 bits per heavy atom. The highest BCUT2D eigenvalue weighted by Crippen LogP contribution is 2.18. The monoisotopic (exact) mass is 389 g/mol. The predicted molar refractivity (Wildman–Crippen MR) is 112 cm³/mol. The van der Waals surface area contributed by atoms with Gasteiger partial charge < -0.3 is 14.8 Å². The molecule has 29 heavy (non-hydrogen) atoms. The van der Waals surface area contributed by atoms with Crippen LogP contribution in [0.2, 0.25) is 0 Å². The first kappa shape index (κ1) is 20.1. The first-order chi connectivity index (χ1) is 14.1. The summed E-state index contributed by atoms with van der Waals surface area (Å²) in [6.07, 6.45) is -0.338. The molecule has 0 radical (unpaired) electrons. The molecule has 1 N–H and O–H groups in total. The smallest absolute Gasteiger partial charge is 0.339 e. The van der Waals surface area contributed by atoms with E-state index >= 15 is 0 Å². The van der Waals surface area contributed by atoms with Gasteiger partial charge in [0.2, 0.25) is 0 Å². The molecule has 3 aromatic rings. The Bertz CT molecular complexity index is 985. The van der Waals surface area contributed by atoms with E-state index in [0.29, 0.717) is 23.4 Å². The van der Waals surface area contributed by atoms with Crippen LogP contribution in [0, 0.1) is 0 Å². The Kier molecular flexibility index (Phi) is 6.63. The van der Waals surface area contributed by atoms with Crippen molar-refractivity contribution in [2.75, 3.05) is 12.4 Å². The van der Waals surface area contributed by atoms with Gasteiger partial charge in [0.1, 0.15) is 5.75 Å². The lowest BCUT2D eigenvalue weighted by Crippen LogP contribution is -2.30. The van der Waals surface area contributed by atoms with Crippen molar-refractivity contribution in [2.24, 2.45) is 0 Å². The Labute approximate surface area is 170 Å².